The maximum Gasteiger partial charge on any atom is 0.131 e. The van der Waals surface area contributed by atoms with E-state index in [1.807, 2.05) is 42.5 Å². The van der Waals surface area contributed by atoms with E-state index in [1.54, 1.807) is 17.4 Å². The maximum atomic E-state index is 9.10. The van der Waals surface area contributed by atoms with Gasteiger partial charge in [0.2, 0.25) is 0 Å². The third kappa shape index (κ3) is 5.62. The predicted molar refractivity (Wildman–Crippen MR) is 175 cm³/mol. The van der Waals surface area contributed by atoms with Crippen LogP contribution in [0.2, 0.25) is 0 Å². The molecule has 198 valence electrons. The molecule has 4 heteroatoms. The maximum absolute atomic E-state index is 9.10. The van der Waals surface area contributed by atoms with E-state index in [2.05, 4.69) is 120 Å². The van der Waals surface area contributed by atoms with Gasteiger partial charge in [-0.3, -0.25) is 0 Å². The van der Waals surface area contributed by atoms with Gasteiger partial charge in [-0.2, -0.15) is 10.5 Å². The Balaban J connectivity index is 1.27. The number of para-hydroxylation sites is 2. The van der Waals surface area contributed by atoms with Crippen LogP contribution in [0.25, 0.3) is 38.8 Å². The number of rotatable bonds is 7. The smallest absolute Gasteiger partial charge is 0.131 e. The third-order valence-corrected chi connectivity index (χ3v) is 8.10. The number of anilines is 3. The predicted octanol–water partition coefficient (Wildman–Crippen LogP) is 10.6. The molecule has 6 aromatic rings. The van der Waals surface area contributed by atoms with Crippen LogP contribution in [0.1, 0.15) is 4.88 Å². The normalized spacial score (nSPS) is 10.3. The van der Waals surface area contributed by atoms with Gasteiger partial charge in [0, 0.05) is 26.8 Å². The molecule has 6 rings (SSSR count). The molecule has 0 atom stereocenters. The molecule has 1 aromatic heterocycles. The van der Waals surface area contributed by atoms with Crippen molar-refractivity contribution in [2.45, 2.75) is 0 Å². The van der Waals surface area contributed by atoms with Gasteiger partial charge < -0.3 is 4.90 Å². The lowest BCUT2D eigenvalue weighted by molar-refractivity contribution is 1.28. The summed E-state index contributed by atoms with van der Waals surface area (Å²) in [6, 6.07) is 54.4. The second-order valence-corrected chi connectivity index (χ2v) is 10.8. The van der Waals surface area contributed by atoms with Crippen molar-refractivity contribution in [3.8, 4) is 44.8 Å². The summed E-state index contributed by atoms with van der Waals surface area (Å²) in [5, 5.41) is 18.2. The number of allylic oxidation sites excluding steroid dienone is 1. The number of hydrogen-bond acceptors (Lipinski definition) is 4. The fraction of sp³-hybridized carbons (Fsp3) is 0. The number of thiophene rings is 1. The van der Waals surface area contributed by atoms with Crippen molar-refractivity contribution < 1.29 is 0 Å². The standard InChI is InChI=1S/C38H25N3S/c39-26-28(27-40)25-35-23-24-38(42-35)37-14-8-7-13-36(37)31-17-15-29(16-18-31)30-19-21-34(22-20-30)41(32-9-3-1-4-10-32)33-11-5-2-6-12-33/h1-25H. The first-order valence-corrected chi connectivity index (χ1v) is 14.4. The molecule has 0 amide bonds. The van der Waals surface area contributed by atoms with Crippen molar-refractivity contribution in [3.63, 3.8) is 0 Å². The molecule has 0 aliphatic carbocycles. The zero-order valence-electron chi connectivity index (χ0n) is 22.7. The summed E-state index contributed by atoms with van der Waals surface area (Å²) >= 11 is 1.57. The van der Waals surface area contributed by atoms with Crippen LogP contribution in [-0.4, -0.2) is 0 Å². The van der Waals surface area contributed by atoms with Crippen LogP contribution < -0.4 is 4.90 Å². The van der Waals surface area contributed by atoms with Gasteiger partial charge in [0.15, 0.2) is 0 Å². The first-order chi connectivity index (χ1) is 20.7. The van der Waals surface area contributed by atoms with Crippen molar-refractivity contribution in [2.75, 3.05) is 4.90 Å². The summed E-state index contributed by atoms with van der Waals surface area (Å²) in [7, 11) is 0. The van der Waals surface area contributed by atoms with E-state index in [0.29, 0.717) is 0 Å². The summed E-state index contributed by atoms with van der Waals surface area (Å²) in [4.78, 5) is 4.24. The second-order valence-electron chi connectivity index (χ2n) is 9.66. The van der Waals surface area contributed by atoms with Gasteiger partial charge in [-0.1, -0.05) is 97.1 Å². The van der Waals surface area contributed by atoms with E-state index in [0.717, 1.165) is 54.6 Å². The molecule has 0 saturated heterocycles. The average Bonchev–Trinajstić information content (AvgIpc) is 3.54. The Labute approximate surface area is 250 Å². The Morgan fingerprint density at radius 2 is 0.976 bits per heavy atom. The first-order valence-electron chi connectivity index (χ1n) is 13.6. The molecule has 3 nitrogen and oxygen atoms in total. The number of benzene rings is 5. The SMILES string of the molecule is N#CC(C#N)=Cc1ccc(-c2ccccc2-c2ccc(-c3ccc(N(c4ccccc4)c4ccccc4)cc3)cc2)s1. The Hall–Kier alpha value is -5.68. The highest BCUT2D eigenvalue weighted by Gasteiger charge is 2.13. The van der Waals surface area contributed by atoms with Gasteiger partial charge >= 0.3 is 0 Å². The second kappa shape index (κ2) is 12.2. The molecular weight excluding hydrogens is 531 g/mol. The lowest BCUT2D eigenvalue weighted by atomic mass is 9.96. The van der Waals surface area contributed by atoms with E-state index in [-0.39, 0.29) is 5.57 Å². The molecule has 0 spiro atoms. The summed E-state index contributed by atoms with van der Waals surface area (Å²) in [6.07, 6.45) is 1.63. The summed E-state index contributed by atoms with van der Waals surface area (Å²) < 4.78 is 0. The zero-order chi connectivity index (χ0) is 28.7. The molecule has 0 radical (unpaired) electrons. The van der Waals surface area contributed by atoms with E-state index in [1.165, 1.54) is 0 Å². The molecular formula is C38H25N3S. The molecule has 5 aromatic carbocycles. The van der Waals surface area contributed by atoms with Gasteiger partial charge in [0.05, 0.1) is 0 Å². The minimum absolute atomic E-state index is 0.105. The van der Waals surface area contributed by atoms with Crippen LogP contribution in [0.5, 0.6) is 0 Å². The number of nitrogens with zero attached hydrogens (tertiary/aromatic N) is 3. The Morgan fingerprint density at radius 3 is 1.55 bits per heavy atom. The van der Waals surface area contributed by atoms with Crippen molar-refractivity contribution in [1.82, 2.24) is 0 Å². The van der Waals surface area contributed by atoms with Gasteiger partial charge in [-0.25, -0.2) is 0 Å². The quantitative estimate of drug-likeness (QED) is 0.184. The van der Waals surface area contributed by atoms with Crippen molar-refractivity contribution in [3.05, 3.63) is 156 Å². The minimum Gasteiger partial charge on any atom is -0.311 e. The summed E-state index contributed by atoms with van der Waals surface area (Å²) in [5.41, 5.74) is 9.13. The lowest BCUT2D eigenvalue weighted by Gasteiger charge is -2.25. The third-order valence-electron chi connectivity index (χ3n) is 7.03. The average molecular weight is 556 g/mol. The van der Waals surface area contributed by atoms with Crippen LogP contribution in [0.4, 0.5) is 17.1 Å². The van der Waals surface area contributed by atoms with Crippen molar-refractivity contribution >= 4 is 34.5 Å². The van der Waals surface area contributed by atoms with E-state index in [4.69, 9.17) is 10.5 Å². The van der Waals surface area contributed by atoms with Crippen LogP contribution in [0, 0.1) is 22.7 Å². The molecule has 0 N–H and O–H groups in total. The summed E-state index contributed by atoms with van der Waals surface area (Å²) in [6.45, 7) is 0. The molecule has 0 fully saturated rings. The molecule has 0 saturated carbocycles. The highest BCUT2D eigenvalue weighted by molar-refractivity contribution is 7.16. The fourth-order valence-electron chi connectivity index (χ4n) is 5.00. The van der Waals surface area contributed by atoms with E-state index >= 15 is 0 Å². The molecule has 1 heterocycles. The highest BCUT2D eigenvalue weighted by atomic mass is 32.1. The monoisotopic (exact) mass is 555 g/mol. The minimum atomic E-state index is 0.105. The van der Waals surface area contributed by atoms with Gasteiger partial charge in [-0.05, 0) is 82.4 Å². The lowest BCUT2D eigenvalue weighted by Crippen LogP contribution is -2.09. The van der Waals surface area contributed by atoms with Gasteiger partial charge in [0.25, 0.3) is 0 Å². The van der Waals surface area contributed by atoms with Crippen LogP contribution in [0.15, 0.2) is 151 Å². The van der Waals surface area contributed by atoms with Gasteiger partial charge in [-0.15, -0.1) is 11.3 Å². The fourth-order valence-corrected chi connectivity index (χ4v) is 5.99. The molecule has 42 heavy (non-hydrogen) atoms. The van der Waals surface area contributed by atoms with Gasteiger partial charge in [0.1, 0.15) is 17.7 Å². The van der Waals surface area contributed by atoms with Crippen molar-refractivity contribution in [1.29, 1.82) is 10.5 Å². The largest absolute Gasteiger partial charge is 0.311 e. The summed E-state index contributed by atoms with van der Waals surface area (Å²) in [5.74, 6) is 0. The molecule has 0 unspecified atom stereocenters. The Bertz CT molecular complexity index is 1870. The molecule has 0 bridgehead atoms. The van der Waals surface area contributed by atoms with Crippen LogP contribution in [0.3, 0.4) is 0 Å². The Kier molecular flexibility index (Phi) is 7.73. The van der Waals surface area contributed by atoms with Crippen LogP contribution >= 0.6 is 11.3 Å². The highest BCUT2D eigenvalue weighted by Crippen LogP contribution is 2.38. The van der Waals surface area contributed by atoms with E-state index in [9.17, 15) is 0 Å². The van der Waals surface area contributed by atoms with E-state index < -0.39 is 0 Å². The Morgan fingerprint density at radius 1 is 0.500 bits per heavy atom. The molecule has 0 aliphatic heterocycles. The zero-order valence-corrected chi connectivity index (χ0v) is 23.5. The van der Waals surface area contributed by atoms with Crippen LogP contribution in [-0.2, 0) is 0 Å². The number of hydrogen-bond donors (Lipinski definition) is 0. The van der Waals surface area contributed by atoms with Crippen molar-refractivity contribution in [2.24, 2.45) is 0 Å². The molecule has 0 aliphatic rings. The first kappa shape index (κ1) is 26.5. The number of nitriles is 2. The topological polar surface area (TPSA) is 50.8 Å².